The van der Waals surface area contributed by atoms with E-state index in [0.29, 0.717) is 0 Å². The molecule has 0 bridgehead atoms. The van der Waals surface area contributed by atoms with E-state index >= 15 is 0 Å². The van der Waals surface area contributed by atoms with Gasteiger partial charge in [0.05, 0.1) is 0 Å². The topological polar surface area (TPSA) is 0 Å². The van der Waals surface area contributed by atoms with Crippen LogP contribution in [0.2, 0.25) is 0 Å². The van der Waals surface area contributed by atoms with Gasteiger partial charge in [0.1, 0.15) is 0 Å². The average Bonchev–Trinajstić information content (AvgIpc) is 2.39. The fourth-order valence-corrected chi connectivity index (χ4v) is 2.40. The summed E-state index contributed by atoms with van der Waals surface area (Å²) in [6.07, 6.45) is 1.52. The zero-order valence-electron chi connectivity index (χ0n) is 9.89. The number of hydrogen-bond donors (Lipinski definition) is 0. The molecule has 0 aliphatic carbocycles. The van der Waals surface area contributed by atoms with Crippen LogP contribution in [0.4, 0.5) is 13.2 Å². The Morgan fingerprint density at radius 2 is 1.37 bits per heavy atom. The van der Waals surface area contributed by atoms with Gasteiger partial charge in [0, 0.05) is 0 Å². The summed E-state index contributed by atoms with van der Waals surface area (Å²) in [4.78, 5) is 1.20. The van der Waals surface area contributed by atoms with Gasteiger partial charge in [0.25, 0.3) is 0 Å². The Kier molecular flexibility index (Phi) is 4.46. The molecule has 0 saturated heterocycles. The minimum absolute atomic E-state index is 0.783. The van der Waals surface area contributed by atoms with E-state index in [1.807, 2.05) is 54.6 Å². The molecule has 0 spiro atoms. The monoisotopic (exact) mass is 328 g/mol. The number of halogens is 3. The molecule has 19 heavy (non-hydrogen) atoms. The molecule has 0 nitrogen and oxygen atoms in total. The molecule has 2 aromatic carbocycles. The van der Waals surface area contributed by atoms with Crippen LogP contribution in [0.1, 0.15) is 5.56 Å². The molecule has 0 aliphatic rings. The number of rotatable bonds is 3. The molecule has 0 atom stereocenters. The van der Waals surface area contributed by atoms with E-state index in [1.165, 1.54) is 11.1 Å². The van der Waals surface area contributed by atoms with E-state index in [4.69, 9.17) is 0 Å². The number of alkyl halides is 3. The van der Waals surface area contributed by atoms with Crippen molar-refractivity contribution in [2.45, 2.75) is 5.07 Å². The Morgan fingerprint density at radius 1 is 0.789 bits per heavy atom. The standard InChI is InChI=1S/C15H11F3Se/c16-15(17,18)19-11-10-12-6-8-14(9-7-12)13-4-2-1-3-5-13/h1-11H/b11-10+. The predicted octanol–water partition coefficient (Wildman–Crippen LogP) is 4.55. The van der Waals surface area contributed by atoms with Gasteiger partial charge in [-0.25, -0.2) is 0 Å². The number of hydrogen-bond acceptors (Lipinski definition) is 0. The van der Waals surface area contributed by atoms with Crippen molar-refractivity contribution in [3.63, 3.8) is 0 Å². The molecule has 0 amide bonds. The summed E-state index contributed by atoms with van der Waals surface area (Å²) < 4.78 is 36.1. The van der Waals surface area contributed by atoms with Crippen LogP contribution in [0.3, 0.4) is 0 Å². The maximum absolute atomic E-state index is 12.0. The molecule has 2 rings (SSSR count). The van der Waals surface area contributed by atoms with Crippen LogP contribution in [0.15, 0.2) is 59.6 Å². The molecule has 0 N–H and O–H groups in total. The van der Waals surface area contributed by atoms with Gasteiger partial charge in [-0.05, 0) is 0 Å². The molecule has 0 saturated carbocycles. The third kappa shape index (κ3) is 4.58. The van der Waals surface area contributed by atoms with E-state index in [0.717, 1.165) is 16.7 Å². The van der Waals surface area contributed by atoms with E-state index in [9.17, 15) is 13.2 Å². The van der Waals surface area contributed by atoms with Crippen molar-refractivity contribution >= 4 is 21.0 Å². The Balaban J connectivity index is 2.07. The van der Waals surface area contributed by atoms with Crippen molar-refractivity contribution in [3.8, 4) is 11.1 Å². The molecule has 0 aromatic heterocycles. The molecule has 0 unspecified atom stereocenters. The van der Waals surface area contributed by atoms with E-state index in [1.54, 1.807) is 0 Å². The zero-order valence-corrected chi connectivity index (χ0v) is 11.6. The minimum atomic E-state index is -4.08. The van der Waals surface area contributed by atoms with Crippen LogP contribution in [0.25, 0.3) is 17.2 Å². The van der Waals surface area contributed by atoms with Gasteiger partial charge in [-0.15, -0.1) is 0 Å². The van der Waals surface area contributed by atoms with Crippen molar-refractivity contribution in [2.24, 2.45) is 0 Å². The van der Waals surface area contributed by atoms with Crippen LogP contribution in [0.5, 0.6) is 0 Å². The second kappa shape index (κ2) is 6.09. The maximum atomic E-state index is 12.0. The molecule has 0 radical (unpaired) electrons. The second-order valence-electron chi connectivity index (χ2n) is 3.85. The molecule has 4 heteroatoms. The van der Waals surface area contributed by atoms with E-state index in [-0.39, 0.29) is 0 Å². The van der Waals surface area contributed by atoms with Gasteiger partial charge < -0.3 is 0 Å². The Morgan fingerprint density at radius 3 is 1.95 bits per heavy atom. The van der Waals surface area contributed by atoms with Gasteiger partial charge in [-0.3, -0.25) is 0 Å². The van der Waals surface area contributed by atoms with Crippen LogP contribution < -0.4 is 0 Å². The van der Waals surface area contributed by atoms with Gasteiger partial charge in [0.15, 0.2) is 0 Å². The quantitative estimate of drug-likeness (QED) is 0.726. The summed E-state index contributed by atoms with van der Waals surface area (Å²) in [5.74, 6) is 0. The van der Waals surface area contributed by atoms with Crippen molar-refractivity contribution in [1.82, 2.24) is 0 Å². The van der Waals surface area contributed by atoms with E-state index in [2.05, 4.69) is 0 Å². The van der Waals surface area contributed by atoms with Crippen molar-refractivity contribution in [1.29, 1.82) is 0 Å². The first-order valence-electron chi connectivity index (χ1n) is 5.61. The molecular weight excluding hydrogens is 316 g/mol. The summed E-state index contributed by atoms with van der Waals surface area (Å²) in [7, 11) is 0. The first-order chi connectivity index (χ1) is 9.04. The fraction of sp³-hybridized carbons (Fsp3) is 0.0667. The third-order valence-electron chi connectivity index (χ3n) is 2.48. The van der Waals surface area contributed by atoms with Crippen molar-refractivity contribution in [2.75, 3.05) is 0 Å². The van der Waals surface area contributed by atoms with Crippen molar-refractivity contribution in [3.05, 3.63) is 65.1 Å². The SMILES string of the molecule is FC(F)(F)[Se]/C=C/c1ccc(-c2ccccc2)cc1. The van der Waals surface area contributed by atoms with Crippen LogP contribution >= 0.6 is 0 Å². The predicted molar refractivity (Wildman–Crippen MR) is 72.7 cm³/mol. The Hall–Kier alpha value is -1.51. The fourth-order valence-electron chi connectivity index (χ4n) is 1.61. The molecule has 0 aliphatic heterocycles. The van der Waals surface area contributed by atoms with E-state index < -0.39 is 20.0 Å². The third-order valence-corrected chi connectivity index (χ3v) is 3.61. The van der Waals surface area contributed by atoms with Crippen LogP contribution in [-0.2, 0) is 0 Å². The van der Waals surface area contributed by atoms with Crippen molar-refractivity contribution < 1.29 is 13.2 Å². The molecule has 98 valence electrons. The first-order valence-corrected chi connectivity index (χ1v) is 7.46. The molecule has 2 aromatic rings. The zero-order chi connectivity index (χ0) is 13.7. The summed E-state index contributed by atoms with van der Waals surface area (Å²) in [6.45, 7) is 0. The van der Waals surface area contributed by atoms with Gasteiger partial charge in [-0.1, -0.05) is 0 Å². The van der Waals surface area contributed by atoms with Gasteiger partial charge in [-0.2, -0.15) is 0 Å². The first kappa shape index (κ1) is 13.9. The average molecular weight is 327 g/mol. The summed E-state index contributed by atoms with van der Waals surface area (Å²) >= 11 is -1.45. The molecule has 0 heterocycles. The van der Waals surface area contributed by atoms with Gasteiger partial charge in [0.2, 0.25) is 0 Å². The molecular formula is C15H11F3Se. The normalized spacial score (nSPS) is 11.9. The molecule has 0 fully saturated rings. The number of benzene rings is 2. The van der Waals surface area contributed by atoms with Crippen LogP contribution in [-0.4, -0.2) is 20.0 Å². The van der Waals surface area contributed by atoms with Crippen LogP contribution in [0, 0.1) is 0 Å². The summed E-state index contributed by atoms with van der Waals surface area (Å²) in [5, 5.41) is -4.08. The Labute approximate surface area is 116 Å². The van der Waals surface area contributed by atoms with Gasteiger partial charge >= 0.3 is 116 Å². The summed E-state index contributed by atoms with van der Waals surface area (Å²) in [6, 6.07) is 17.3. The summed E-state index contributed by atoms with van der Waals surface area (Å²) in [5.41, 5.74) is 2.93. The Bertz CT molecular complexity index is 542. The second-order valence-corrected chi connectivity index (χ2v) is 5.89.